The van der Waals surface area contributed by atoms with Crippen LogP contribution in [0, 0.1) is 0 Å². The molecule has 0 aliphatic heterocycles. The van der Waals surface area contributed by atoms with Crippen LogP contribution in [0.15, 0.2) is 12.2 Å². The second kappa shape index (κ2) is 35.0. The SMILES string of the molecule is CCCCCCC/C=C/C(O)C(COP(=O)(O)OCC[N+](C)(C)C)NC(=O)CCCCCCCCCCCCCCCCCCCCCCCC. The lowest BCUT2D eigenvalue weighted by Gasteiger charge is -2.25. The highest BCUT2D eigenvalue weighted by molar-refractivity contribution is 7.47. The van der Waals surface area contributed by atoms with Gasteiger partial charge in [-0.3, -0.25) is 13.8 Å². The maximum atomic E-state index is 12.8. The molecule has 1 amide bonds. The van der Waals surface area contributed by atoms with Gasteiger partial charge in [-0.05, 0) is 19.3 Å². The summed E-state index contributed by atoms with van der Waals surface area (Å²) in [5.41, 5.74) is 0. The second-order valence-corrected chi connectivity index (χ2v) is 17.5. The molecule has 0 aliphatic rings. The lowest BCUT2D eigenvalue weighted by molar-refractivity contribution is -0.870. The molecule has 0 saturated heterocycles. The predicted octanol–water partition coefficient (Wildman–Crippen LogP) is 11.6. The average Bonchev–Trinajstić information content (AvgIpc) is 3.07. The highest BCUT2D eigenvalue weighted by Gasteiger charge is 2.27. The Morgan fingerprint density at radius 2 is 1.04 bits per heavy atom. The first-order valence-corrected chi connectivity index (χ1v) is 23.1. The summed E-state index contributed by atoms with van der Waals surface area (Å²) in [6.07, 6.45) is 38.8. The summed E-state index contributed by atoms with van der Waals surface area (Å²) >= 11 is 0. The van der Waals surface area contributed by atoms with Gasteiger partial charge in [0.05, 0.1) is 39.9 Å². The Morgan fingerprint density at radius 3 is 1.45 bits per heavy atom. The molecular weight excluding hydrogens is 659 g/mol. The number of hydrogen-bond acceptors (Lipinski definition) is 5. The van der Waals surface area contributed by atoms with Crippen molar-refractivity contribution in [1.29, 1.82) is 0 Å². The number of amides is 1. The molecular formula is C42H86N2O6P+. The number of hydrogen-bond donors (Lipinski definition) is 3. The van der Waals surface area contributed by atoms with Crippen molar-refractivity contribution in [2.75, 3.05) is 40.9 Å². The first-order chi connectivity index (χ1) is 24.5. The van der Waals surface area contributed by atoms with Crippen LogP contribution in [-0.4, -0.2) is 73.4 Å². The molecule has 0 bridgehead atoms. The van der Waals surface area contributed by atoms with E-state index in [1.807, 2.05) is 27.2 Å². The van der Waals surface area contributed by atoms with E-state index < -0.39 is 20.0 Å². The van der Waals surface area contributed by atoms with E-state index in [2.05, 4.69) is 19.2 Å². The summed E-state index contributed by atoms with van der Waals surface area (Å²) in [5.74, 6) is -0.178. The summed E-state index contributed by atoms with van der Waals surface area (Å²) in [7, 11) is 1.58. The van der Waals surface area contributed by atoms with E-state index in [0.717, 1.165) is 38.5 Å². The van der Waals surface area contributed by atoms with Crippen molar-refractivity contribution in [2.45, 2.75) is 212 Å². The number of rotatable bonds is 39. The van der Waals surface area contributed by atoms with Crippen LogP contribution < -0.4 is 5.32 Å². The number of carbonyl (C=O) groups excluding carboxylic acids is 1. The number of aliphatic hydroxyl groups is 1. The Morgan fingerprint density at radius 1 is 0.647 bits per heavy atom. The molecule has 0 aliphatic carbocycles. The zero-order chi connectivity index (χ0) is 37.9. The van der Waals surface area contributed by atoms with E-state index in [-0.39, 0.29) is 19.1 Å². The van der Waals surface area contributed by atoms with Gasteiger partial charge >= 0.3 is 7.82 Å². The third kappa shape index (κ3) is 37.4. The number of unbranched alkanes of at least 4 members (excludes halogenated alkanes) is 26. The van der Waals surface area contributed by atoms with E-state index >= 15 is 0 Å². The number of carbonyl (C=O) groups is 1. The minimum atomic E-state index is -4.32. The lowest BCUT2D eigenvalue weighted by Crippen LogP contribution is -2.45. The number of quaternary nitrogens is 1. The van der Waals surface area contributed by atoms with Crippen LogP contribution in [0.4, 0.5) is 0 Å². The van der Waals surface area contributed by atoms with Crippen LogP contribution in [0.2, 0.25) is 0 Å². The van der Waals surface area contributed by atoms with Crippen molar-refractivity contribution < 1.29 is 32.9 Å². The van der Waals surface area contributed by atoms with Crippen LogP contribution in [0.25, 0.3) is 0 Å². The number of nitrogens with one attached hydrogen (secondary N) is 1. The van der Waals surface area contributed by atoms with Crippen molar-refractivity contribution in [2.24, 2.45) is 0 Å². The van der Waals surface area contributed by atoms with E-state index in [0.29, 0.717) is 17.4 Å². The maximum absolute atomic E-state index is 12.8. The highest BCUT2D eigenvalue weighted by Crippen LogP contribution is 2.43. The quantitative estimate of drug-likeness (QED) is 0.0250. The van der Waals surface area contributed by atoms with Crippen molar-refractivity contribution >= 4 is 13.7 Å². The van der Waals surface area contributed by atoms with Crippen molar-refractivity contribution in [3.8, 4) is 0 Å². The Labute approximate surface area is 316 Å². The minimum absolute atomic E-state index is 0.0638. The second-order valence-electron chi connectivity index (χ2n) is 16.1. The molecule has 51 heavy (non-hydrogen) atoms. The van der Waals surface area contributed by atoms with Gasteiger partial charge in [-0.2, -0.15) is 0 Å². The van der Waals surface area contributed by atoms with Gasteiger partial charge in [0, 0.05) is 6.42 Å². The zero-order valence-corrected chi connectivity index (χ0v) is 35.3. The number of phosphoric ester groups is 1. The minimum Gasteiger partial charge on any atom is -0.387 e. The number of allylic oxidation sites excluding steroid dienone is 1. The number of phosphoric acid groups is 1. The van der Waals surface area contributed by atoms with Crippen LogP contribution >= 0.6 is 7.82 Å². The van der Waals surface area contributed by atoms with E-state index in [4.69, 9.17) is 9.05 Å². The zero-order valence-electron chi connectivity index (χ0n) is 34.4. The topological polar surface area (TPSA) is 105 Å². The van der Waals surface area contributed by atoms with Gasteiger partial charge in [0.25, 0.3) is 0 Å². The van der Waals surface area contributed by atoms with Gasteiger partial charge in [-0.15, -0.1) is 0 Å². The summed E-state index contributed by atoms with van der Waals surface area (Å²) < 4.78 is 23.4. The van der Waals surface area contributed by atoms with Crippen molar-refractivity contribution in [3.05, 3.63) is 12.2 Å². The maximum Gasteiger partial charge on any atom is 0.472 e. The van der Waals surface area contributed by atoms with Gasteiger partial charge in [0.2, 0.25) is 5.91 Å². The van der Waals surface area contributed by atoms with Gasteiger partial charge in [-0.25, -0.2) is 4.57 Å². The summed E-state index contributed by atoms with van der Waals surface area (Å²) in [4.78, 5) is 23.0. The van der Waals surface area contributed by atoms with Gasteiger partial charge in [-0.1, -0.05) is 187 Å². The van der Waals surface area contributed by atoms with Gasteiger partial charge < -0.3 is 19.8 Å². The molecule has 0 aromatic rings. The highest BCUT2D eigenvalue weighted by atomic mass is 31.2. The van der Waals surface area contributed by atoms with E-state index in [9.17, 15) is 19.4 Å². The fraction of sp³-hybridized carbons (Fsp3) is 0.929. The molecule has 0 rings (SSSR count). The molecule has 3 unspecified atom stereocenters. The summed E-state index contributed by atoms with van der Waals surface area (Å²) in [5, 5.41) is 13.7. The predicted molar refractivity (Wildman–Crippen MR) is 217 cm³/mol. The molecule has 3 atom stereocenters. The normalized spacial score (nSPS) is 14.6. The third-order valence-corrected chi connectivity index (χ3v) is 10.7. The molecule has 0 fully saturated rings. The molecule has 0 heterocycles. The Balaban J connectivity index is 4.12. The van der Waals surface area contributed by atoms with Gasteiger partial charge in [0.15, 0.2) is 0 Å². The van der Waals surface area contributed by atoms with Crippen LogP contribution in [0.5, 0.6) is 0 Å². The standard InChI is InChI=1S/C42H85N2O6P/c1-6-8-10-12-14-15-16-17-18-19-20-21-22-23-24-25-26-27-28-30-32-34-36-42(46)43-40(41(45)35-33-31-29-13-11-9-7-2)39-50-51(47,48)49-38-37-44(3,4)5/h33,35,40-41,45H,6-32,34,36-39H2,1-5H3,(H-,43,46,47,48)/p+1/b35-33+. The summed E-state index contributed by atoms with van der Waals surface area (Å²) in [6, 6.07) is -0.837. The largest absolute Gasteiger partial charge is 0.472 e. The monoisotopic (exact) mass is 746 g/mol. The molecule has 0 spiro atoms. The Bertz CT molecular complexity index is 850. The summed E-state index contributed by atoms with van der Waals surface area (Å²) in [6.45, 7) is 4.76. The molecule has 0 radical (unpaired) electrons. The van der Waals surface area contributed by atoms with E-state index in [1.54, 1.807) is 6.08 Å². The van der Waals surface area contributed by atoms with Crippen LogP contribution in [0.1, 0.15) is 200 Å². The van der Waals surface area contributed by atoms with Crippen LogP contribution in [0.3, 0.4) is 0 Å². The lowest BCUT2D eigenvalue weighted by atomic mass is 10.0. The first kappa shape index (κ1) is 50.2. The molecule has 0 aromatic carbocycles. The fourth-order valence-corrected chi connectivity index (χ4v) is 7.01. The third-order valence-electron chi connectivity index (χ3n) is 9.76. The number of aliphatic hydroxyl groups excluding tert-OH is 1. The average molecular weight is 746 g/mol. The Hall–Kier alpha value is -0.760. The van der Waals surface area contributed by atoms with Gasteiger partial charge in [0.1, 0.15) is 13.2 Å². The molecule has 8 nitrogen and oxygen atoms in total. The molecule has 9 heteroatoms. The first-order valence-electron chi connectivity index (χ1n) is 21.6. The molecule has 0 saturated carbocycles. The number of nitrogens with zero attached hydrogens (tertiary/aromatic N) is 1. The fourth-order valence-electron chi connectivity index (χ4n) is 6.28. The molecule has 304 valence electrons. The van der Waals surface area contributed by atoms with Crippen LogP contribution in [-0.2, 0) is 18.4 Å². The number of likely N-dealkylation sites (N-methyl/N-ethyl adjacent to an activating group) is 1. The van der Waals surface area contributed by atoms with Crippen molar-refractivity contribution in [3.63, 3.8) is 0 Å². The van der Waals surface area contributed by atoms with Crippen molar-refractivity contribution in [1.82, 2.24) is 5.32 Å². The Kier molecular flexibility index (Phi) is 34.5. The molecule has 0 aromatic heterocycles. The smallest absolute Gasteiger partial charge is 0.387 e. The van der Waals surface area contributed by atoms with E-state index in [1.165, 1.54) is 141 Å². The molecule has 3 N–H and O–H groups in total.